The van der Waals surface area contributed by atoms with Crippen LogP contribution in [0.5, 0.6) is 0 Å². The number of rotatable bonds is 5. The molecule has 14 heteroatoms. The lowest BCUT2D eigenvalue weighted by Gasteiger charge is -2.41. The predicted octanol–water partition coefficient (Wildman–Crippen LogP) is 29.2. The van der Waals surface area contributed by atoms with Gasteiger partial charge in [0, 0.05) is 137 Å². The first kappa shape index (κ1) is 90.7. The van der Waals surface area contributed by atoms with Gasteiger partial charge in [0.25, 0.3) is 0 Å². The van der Waals surface area contributed by atoms with E-state index in [1.165, 1.54) is 322 Å². The molecule has 0 radical (unpaired) electrons. The van der Waals surface area contributed by atoms with E-state index >= 15 is 0 Å². The molecule has 0 N–H and O–H groups in total. The number of pyridine rings is 9. The van der Waals surface area contributed by atoms with Gasteiger partial charge in [0.1, 0.15) is 74.3 Å². The standard InChI is InChI=1S/2C27H29N2O.C26H26NO.2C25H25N2O/c1-16-7-9-19-20-10-8-18(3)28-26(20)30-25(19)23(16)24-22-14-27(11-5-6-12-27)13-21(22)17(2)15-29(24)4;1-18-16-28-25-21-8-4-5-9-23(21)30-26(25)24(18)22-14-20-15-27(11-6-3-7-12-27)13-10-19(20)17-29(22)2;1-17-9-10-20-19-7-3-4-8-22(19)28-25(20)23(17)24-21-16-26(12-5-6-13-26)15-18(21)11-14-27(24)2;1-16-5-6-19-18-7-11-26-15-21(18)28-24(19)22(16)23-20-14-25(9-3-4-10-25)13-17(20)8-12-27(23)2;1-16-5-6-18-20-15-26-11-7-21(20)28-24(18)22(16)23-19-14-25(9-3-4-10-25)13-17(19)8-12-27(23)2/h7-10,15H,5-6,11-14H2,1-4H3;4-5,8-9,14,16-17H,3,6-7,10-13,15H2,1-2H3;3-4,7-11,14H,5-6,12-13,15-16H2,1-2H3;2*5-8,11-12,15H,3-4,9-10,13-14H2,1-2H3/q5*+1. The Balaban J connectivity index is 0.0000000919. The minimum Gasteiger partial charge on any atom is -0.455 e. The molecule has 0 amide bonds. The molecule has 0 saturated heterocycles. The summed E-state index contributed by atoms with van der Waals surface area (Å²) in [5.41, 5.74) is 50.0. The highest BCUT2D eigenvalue weighted by atomic mass is 16.3. The zero-order valence-corrected chi connectivity index (χ0v) is 86.3. The van der Waals surface area contributed by atoms with E-state index in [4.69, 9.17) is 27.1 Å². The first-order valence-electron chi connectivity index (χ1n) is 54.1. The van der Waals surface area contributed by atoms with Gasteiger partial charge in [0.15, 0.2) is 47.7 Å². The molecule has 144 heavy (non-hydrogen) atoms. The summed E-state index contributed by atoms with van der Waals surface area (Å²) in [6, 6.07) is 52.2. The molecule has 0 bridgehead atoms. The third-order valence-corrected chi connectivity index (χ3v) is 37.1. The van der Waals surface area contributed by atoms with Crippen molar-refractivity contribution in [2.75, 3.05) is 0 Å². The molecular formula is C130H134N9O5+5. The van der Waals surface area contributed by atoms with Crippen LogP contribution in [0.15, 0.2) is 230 Å². The fourth-order valence-electron chi connectivity index (χ4n) is 29.9. The fourth-order valence-corrected chi connectivity index (χ4v) is 29.9. The van der Waals surface area contributed by atoms with Gasteiger partial charge in [-0.2, -0.15) is 0 Å². The molecule has 10 aliphatic rings. The SMILES string of the molecule is Cc1ccc2c(n1)oc1c(-c3c4c(c(C)c[n+]3C)CC3(CCCC3)C4)c(C)ccc12.Cc1ccc2c(oc3ccccc32)c1-c1c2c(cc[n+]1C)CC1(CCCC1)C2.Cc1ccc2c(oc3ccncc32)c1-c1c2c(cc[n+]1C)CC1(CCCC1)C2.Cc1ccc2c(oc3cnccc32)c1-c1c2c(cc[n+]1C)CC1(CCCC1)C2.Cc1cnc2c(oc3ccccc32)c1-c1cc2c(c[n+]1C)CCC1(CCCCC1)C2. The lowest BCUT2D eigenvalue weighted by molar-refractivity contribution is -0.661. The van der Waals surface area contributed by atoms with Crippen molar-refractivity contribution in [3.63, 3.8) is 0 Å². The second kappa shape index (κ2) is 35.0. The smallest absolute Gasteiger partial charge is 0.227 e. The molecule has 14 nitrogen and oxygen atoms in total. The summed E-state index contributed by atoms with van der Waals surface area (Å²) in [4.78, 5) is 18.0. The topological polar surface area (TPSA) is 137 Å². The Morgan fingerprint density at radius 2 is 0.681 bits per heavy atom. The maximum absolute atomic E-state index is 6.44. The van der Waals surface area contributed by atoms with Crippen LogP contribution in [0, 0.1) is 75.5 Å². The zero-order chi connectivity index (χ0) is 97.6. The predicted molar refractivity (Wildman–Crippen MR) is 577 cm³/mol. The number of aryl methyl sites for hydroxylation is 13. The first-order valence-corrected chi connectivity index (χ1v) is 54.1. The number of hydrogen-bond donors (Lipinski definition) is 0. The van der Waals surface area contributed by atoms with Gasteiger partial charge in [-0.15, -0.1) is 0 Å². The summed E-state index contributed by atoms with van der Waals surface area (Å²) < 4.78 is 43.6. The Labute approximate surface area is 844 Å². The van der Waals surface area contributed by atoms with Crippen molar-refractivity contribution < 1.29 is 44.9 Å². The maximum Gasteiger partial charge on any atom is 0.227 e. The molecule has 6 aromatic carbocycles. The van der Waals surface area contributed by atoms with Crippen molar-refractivity contribution in [3.8, 4) is 56.3 Å². The van der Waals surface area contributed by atoms with Crippen LogP contribution in [0.1, 0.15) is 236 Å². The zero-order valence-electron chi connectivity index (χ0n) is 86.3. The summed E-state index contributed by atoms with van der Waals surface area (Å²) in [5.74, 6) is 0. The third kappa shape index (κ3) is 15.1. The molecule has 14 heterocycles. The van der Waals surface area contributed by atoms with Gasteiger partial charge < -0.3 is 22.1 Å². The Hall–Kier alpha value is -13.3. The second-order valence-electron chi connectivity index (χ2n) is 46.4. The van der Waals surface area contributed by atoms with Crippen LogP contribution < -0.4 is 22.8 Å². The summed E-state index contributed by atoms with van der Waals surface area (Å²) in [5, 5.41) is 10.4. The summed E-state index contributed by atoms with van der Waals surface area (Å²) in [7, 11) is 10.9. The molecule has 0 unspecified atom stereocenters. The largest absolute Gasteiger partial charge is 0.455 e. The number of nitrogens with zero attached hydrogens (tertiary/aromatic N) is 9. The average Bonchev–Trinajstić information content (AvgIpc) is 1.56. The van der Waals surface area contributed by atoms with Crippen LogP contribution in [0.25, 0.3) is 166 Å². The lowest BCUT2D eigenvalue weighted by atomic mass is 9.64. The Kier molecular flexibility index (Phi) is 22.0. The van der Waals surface area contributed by atoms with Gasteiger partial charge in [-0.3, -0.25) is 15.0 Å². The van der Waals surface area contributed by atoms with Crippen LogP contribution >= 0.6 is 0 Å². The molecule has 5 fully saturated rings. The Morgan fingerprint density at radius 3 is 1.23 bits per heavy atom. The van der Waals surface area contributed by atoms with Gasteiger partial charge in [0.05, 0.1) is 34.0 Å². The molecule has 0 atom stereocenters. The first-order chi connectivity index (χ1) is 70.0. The summed E-state index contributed by atoms with van der Waals surface area (Å²) in [6.07, 6.45) is 63.7. The van der Waals surface area contributed by atoms with Crippen LogP contribution in [0.4, 0.5) is 0 Å². The van der Waals surface area contributed by atoms with Crippen molar-refractivity contribution in [3.05, 3.63) is 302 Å². The van der Waals surface area contributed by atoms with E-state index in [9.17, 15) is 0 Å². The van der Waals surface area contributed by atoms with Crippen molar-refractivity contribution in [2.45, 2.75) is 254 Å². The van der Waals surface area contributed by atoms with Gasteiger partial charge >= 0.3 is 0 Å². The number of hydrogen-bond acceptors (Lipinski definition) is 9. The maximum atomic E-state index is 6.44. The molecule has 20 aromatic rings. The van der Waals surface area contributed by atoms with E-state index < -0.39 is 0 Å². The van der Waals surface area contributed by atoms with E-state index in [1.807, 2.05) is 49.9 Å². The number of aromatic nitrogens is 9. The van der Waals surface area contributed by atoms with Crippen molar-refractivity contribution in [1.82, 2.24) is 19.9 Å². The quantitative estimate of drug-likeness (QED) is 0.154. The molecule has 0 aliphatic heterocycles. The van der Waals surface area contributed by atoms with Crippen molar-refractivity contribution >= 4 is 110 Å². The molecule has 14 aromatic heterocycles. The van der Waals surface area contributed by atoms with E-state index in [0.29, 0.717) is 27.1 Å². The molecule has 724 valence electrons. The Bertz CT molecular complexity index is 8200. The average molecular weight is 1900 g/mol. The van der Waals surface area contributed by atoms with E-state index in [1.54, 1.807) is 56.3 Å². The highest BCUT2D eigenvalue weighted by Crippen LogP contribution is 2.58. The van der Waals surface area contributed by atoms with Gasteiger partial charge in [-0.1, -0.05) is 149 Å². The number of fused-ring (bicyclic) bond motifs is 20. The summed E-state index contributed by atoms with van der Waals surface area (Å²) >= 11 is 0. The van der Waals surface area contributed by atoms with Gasteiger partial charge in [0.2, 0.25) is 34.2 Å². The van der Waals surface area contributed by atoms with Crippen LogP contribution in [0.2, 0.25) is 0 Å². The number of furan rings is 5. The molecule has 5 saturated carbocycles. The highest BCUT2D eigenvalue weighted by Gasteiger charge is 2.49. The molecular weight excluding hydrogens is 1770 g/mol. The third-order valence-electron chi connectivity index (χ3n) is 37.1. The fraction of sp³-hybridized carbons (Fsp3) is 0.377. The van der Waals surface area contributed by atoms with Crippen LogP contribution in [-0.2, 0) is 99.4 Å². The monoisotopic (exact) mass is 1900 g/mol. The van der Waals surface area contributed by atoms with Gasteiger partial charge in [-0.05, 0) is 308 Å². The second-order valence-corrected chi connectivity index (χ2v) is 46.4. The molecule has 10 aliphatic carbocycles. The van der Waals surface area contributed by atoms with E-state index in [0.717, 1.165) is 94.1 Å². The number of benzene rings is 6. The van der Waals surface area contributed by atoms with Crippen molar-refractivity contribution in [2.24, 2.45) is 62.3 Å². The number of para-hydroxylation sites is 2. The van der Waals surface area contributed by atoms with Gasteiger partial charge in [-0.25, -0.2) is 27.8 Å². The summed E-state index contributed by atoms with van der Waals surface area (Å²) in [6.45, 7) is 15.3. The lowest BCUT2D eigenvalue weighted by Crippen LogP contribution is -2.36. The minimum absolute atomic E-state index is 0.491. The Morgan fingerprint density at radius 1 is 0.271 bits per heavy atom. The van der Waals surface area contributed by atoms with E-state index in [-0.39, 0.29) is 0 Å². The van der Waals surface area contributed by atoms with E-state index in [2.05, 4.69) is 273 Å². The van der Waals surface area contributed by atoms with Crippen LogP contribution in [0.3, 0.4) is 0 Å². The normalized spacial score (nSPS) is 17.8. The van der Waals surface area contributed by atoms with Crippen LogP contribution in [-0.4, -0.2) is 19.9 Å². The minimum atomic E-state index is 0.491. The highest BCUT2D eigenvalue weighted by molar-refractivity contribution is 6.14. The molecule has 30 rings (SSSR count). The van der Waals surface area contributed by atoms with Crippen molar-refractivity contribution in [1.29, 1.82) is 0 Å². The molecule has 5 spiro atoms.